The van der Waals surface area contributed by atoms with Crippen molar-refractivity contribution >= 4 is 11.8 Å². The lowest BCUT2D eigenvalue weighted by Crippen LogP contribution is -2.51. The SMILES string of the molecule is CCC1(Cc2ccccc2)NC(C)CCS1. The summed E-state index contributed by atoms with van der Waals surface area (Å²) in [4.78, 5) is 0.263. The molecule has 1 nitrogen and oxygen atoms in total. The van der Waals surface area contributed by atoms with Crippen LogP contribution in [0.25, 0.3) is 0 Å². The quantitative estimate of drug-likeness (QED) is 0.861. The van der Waals surface area contributed by atoms with Gasteiger partial charge in [0.15, 0.2) is 0 Å². The number of nitrogens with one attached hydrogen (secondary N) is 1. The molecule has 1 aliphatic heterocycles. The molecule has 1 aromatic carbocycles. The summed E-state index contributed by atoms with van der Waals surface area (Å²) in [6.45, 7) is 4.59. The van der Waals surface area contributed by atoms with Crippen molar-refractivity contribution in [3.05, 3.63) is 35.9 Å². The molecule has 16 heavy (non-hydrogen) atoms. The number of hydrogen-bond donors (Lipinski definition) is 1. The summed E-state index contributed by atoms with van der Waals surface area (Å²) >= 11 is 2.10. The molecule has 2 atom stereocenters. The van der Waals surface area contributed by atoms with Crippen LogP contribution in [-0.4, -0.2) is 16.7 Å². The van der Waals surface area contributed by atoms with Gasteiger partial charge in [-0.05, 0) is 37.5 Å². The Kier molecular flexibility index (Phi) is 3.93. The van der Waals surface area contributed by atoms with Crippen molar-refractivity contribution in [2.45, 2.75) is 44.0 Å². The fraction of sp³-hybridized carbons (Fsp3) is 0.571. The van der Waals surface area contributed by atoms with Crippen LogP contribution in [0.5, 0.6) is 0 Å². The van der Waals surface area contributed by atoms with Crippen molar-refractivity contribution in [2.24, 2.45) is 0 Å². The molecule has 1 N–H and O–H groups in total. The Morgan fingerprint density at radius 3 is 2.75 bits per heavy atom. The summed E-state index contributed by atoms with van der Waals surface area (Å²) in [5.74, 6) is 1.29. The topological polar surface area (TPSA) is 12.0 Å². The standard InChI is InChI=1S/C14H21NS/c1-3-14(15-12(2)9-10-16-14)11-13-7-5-4-6-8-13/h4-8,12,15H,3,9-11H2,1-2H3. The number of thioether (sulfide) groups is 1. The molecule has 0 saturated carbocycles. The van der Waals surface area contributed by atoms with Crippen molar-refractivity contribution in [3.8, 4) is 0 Å². The average Bonchev–Trinajstić information content (AvgIpc) is 2.30. The van der Waals surface area contributed by atoms with E-state index in [-0.39, 0.29) is 4.87 Å². The third kappa shape index (κ3) is 2.80. The van der Waals surface area contributed by atoms with E-state index in [1.165, 1.54) is 24.2 Å². The zero-order chi connectivity index (χ0) is 11.4. The van der Waals surface area contributed by atoms with Gasteiger partial charge in [-0.15, -0.1) is 11.8 Å². The molecule has 1 aliphatic rings. The van der Waals surface area contributed by atoms with Gasteiger partial charge < -0.3 is 0 Å². The van der Waals surface area contributed by atoms with Crippen molar-refractivity contribution in [1.82, 2.24) is 5.32 Å². The molecule has 0 spiro atoms. The smallest absolute Gasteiger partial charge is 0.0685 e. The third-order valence-corrected chi connectivity index (χ3v) is 4.89. The van der Waals surface area contributed by atoms with Gasteiger partial charge in [-0.25, -0.2) is 0 Å². The maximum absolute atomic E-state index is 3.79. The van der Waals surface area contributed by atoms with Crippen LogP contribution < -0.4 is 5.32 Å². The van der Waals surface area contributed by atoms with Gasteiger partial charge in [0.1, 0.15) is 0 Å². The minimum absolute atomic E-state index is 0.263. The van der Waals surface area contributed by atoms with Gasteiger partial charge in [0.05, 0.1) is 4.87 Å². The summed E-state index contributed by atoms with van der Waals surface area (Å²) in [5, 5.41) is 3.79. The Morgan fingerprint density at radius 2 is 2.12 bits per heavy atom. The van der Waals surface area contributed by atoms with E-state index in [2.05, 4.69) is 61.3 Å². The molecule has 0 bridgehead atoms. The predicted octanol–water partition coefficient (Wildman–Crippen LogP) is 3.45. The Hall–Kier alpha value is -0.470. The predicted molar refractivity (Wildman–Crippen MR) is 72.8 cm³/mol. The second-order valence-corrected chi connectivity index (χ2v) is 6.17. The largest absolute Gasteiger partial charge is 0.300 e. The Morgan fingerprint density at radius 1 is 1.38 bits per heavy atom. The Bertz CT molecular complexity index is 325. The highest BCUT2D eigenvalue weighted by Gasteiger charge is 2.33. The molecule has 2 unspecified atom stereocenters. The minimum Gasteiger partial charge on any atom is -0.300 e. The summed E-state index contributed by atoms with van der Waals surface area (Å²) in [7, 11) is 0. The van der Waals surface area contributed by atoms with E-state index in [1.54, 1.807) is 0 Å². The first-order valence-corrected chi connectivity index (χ1v) is 7.18. The maximum Gasteiger partial charge on any atom is 0.0685 e. The van der Waals surface area contributed by atoms with Crippen LogP contribution in [0.3, 0.4) is 0 Å². The fourth-order valence-electron chi connectivity index (χ4n) is 2.35. The summed E-state index contributed by atoms with van der Waals surface area (Å²) in [5.41, 5.74) is 1.44. The van der Waals surface area contributed by atoms with E-state index in [1.807, 2.05) is 0 Å². The normalized spacial score (nSPS) is 30.2. The molecule has 0 aliphatic carbocycles. The van der Waals surface area contributed by atoms with E-state index in [9.17, 15) is 0 Å². The van der Waals surface area contributed by atoms with Gasteiger partial charge in [0.2, 0.25) is 0 Å². The molecule has 1 saturated heterocycles. The number of benzene rings is 1. The highest BCUT2D eigenvalue weighted by Crippen LogP contribution is 2.35. The molecule has 2 heteroatoms. The van der Waals surface area contributed by atoms with Gasteiger partial charge in [0.25, 0.3) is 0 Å². The molecule has 0 aromatic heterocycles. The molecular formula is C14H21NS. The lowest BCUT2D eigenvalue weighted by molar-refractivity contribution is 0.374. The third-order valence-electron chi connectivity index (χ3n) is 3.34. The molecule has 1 heterocycles. The van der Waals surface area contributed by atoms with E-state index < -0.39 is 0 Å². The first kappa shape index (κ1) is 12.0. The first-order chi connectivity index (χ1) is 7.74. The zero-order valence-electron chi connectivity index (χ0n) is 10.2. The van der Waals surface area contributed by atoms with E-state index >= 15 is 0 Å². The summed E-state index contributed by atoms with van der Waals surface area (Å²) in [6.07, 6.45) is 3.62. The first-order valence-electron chi connectivity index (χ1n) is 6.20. The van der Waals surface area contributed by atoms with Crippen LogP contribution in [0.4, 0.5) is 0 Å². The molecule has 1 fully saturated rings. The van der Waals surface area contributed by atoms with Gasteiger partial charge in [0, 0.05) is 6.04 Å². The van der Waals surface area contributed by atoms with Crippen LogP contribution in [0.15, 0.2) is 30.3 Å². The number of rotatable bonds is 3. The van der Waals surface area contributed by atoms with Crippen LogP contribution in [0, 0.1) is 0 Å². The van der Waals surface area contributed by atoms with E-state index in [0.717, 1.165) is 6.42 Å². The van der Waals surface area contributed by atoms with Crippen molar-refractivity contribution < 1.29 is 0 Å². The van der Waals surface area contributed by atoms with Crippen molar-refractivity contribution in [2.75, 3.05) is 5.75 Å². The lowest BCUT2D eigenvalue weighted by atomic mass is 10.0. The van der Waals surface area contributed by atoms with Crippen molar-refractivity contribution in [1.29, 1.82) is 0 Å². The minimum atomic E-state index is 0.263. The second-order valence-electron chi connectivity index (χ2n) is 4.69. The number of hydrogen-bond acceptors (Lipinski definition) is 2. The monoisotopic (exact) mass is 235 g/mol. The van der Waals surface area contributed by atoms with Gasteiger partial charge in [-0.2, -0.15) is 0 Å². The highest BCUT2D eigenvalue weighted by molar-refractivity contribution is 8.00. The highest BCUT2D eigenvalue weighted by atomic mass is 32.2. The van der Waals surface area contributed by atoms with Gasteiger partial charge in [-0.3, -0.25) is 5.32 Å². The van der Waals surface area contributed by atoms with Crippen LogP contribution in [-0.2, 0) is 6.42 Å². The van der Waals surface area contributed by atoms with Crippen molar-refractivity contribution in [3.63, 3.8) is 0 Å². The fourth-order valence-corrected chi connectivity index (χ4v) is 3.97. The second kappa shape index (κ2) is 5.24. The van der Waals surface area contributed by atoms with Crippen LogP contribution >= 0.6 is 11.8 Å². The maximum atomic E-state index is 3.79. The summed E-state index contributed by atoms with van der Waals surface area (Å²) < 4.78 is 0. The van der Waals surface area contributed by atoms with Crippen LogP contribution in [0.1, 0.15) is 32.3 Å². The zero-order valence-corrected chi connectivity index (χ0v) is 11.0. The Balaban J connectivity index is 2.10. The molecule has 1 aromatic rings. The average molecular weight is 235 g/mol. The van der Waals surface area contributed by atoms with Gasteiger partial charge >= 0.3 is 0 Å². The molecular weight excluding hydrogens is 214 g/mol. The lowest BCUT2D eigenvalue weighted by Gasteiger charge is -2.40. The molecule has 0 amide bonds. The summed E-state index contributed by atoms with van der Waals surface area (Å²) in [6, 6.07) is 11.5. The van der Waals surface area contributed by atoms with E-state index in [0.29, 0.717) is 6.04 Å². The van der Waals surface area contributed by atoms with Gasteiger partial charge in [-0.1, -0.05) is 37.3 Å². The molecule has 0 radical (unpaired) electrons. The van der Waals surface area contributed by atoms with Crippen LogP contribution in [0.2, 0.25) is 0 Å². The molecule has 88 valence electrons. The molecule has 2 rings (SSSR count). The Labute approximate surface area is 103 Å². The van der Waals surface area contributed by atoms with E-state index in [4.69, 9.17) is 0 Å².